The van der Waals surface area contributed by atoms with E-state index in [4.69, 9.17) is 4.99 Å². The van der Waals surface area contributed by atoms with Gasteiger partial charge in [-0.2, -0.15) is 0 Å². The number of piperidine rings is 1. The molecule has 1 aliphatic heterocycles. The zero-order chi connectivity index (χ0) is 16.8. The largest absolute Gasteiger partial charge is 0.349 e. The Hall–Kier alpha value is -0.820. The molecule has 0 saturated carbocycles. The van der Waals surface area contributed by atoms with Gasteiger partial charge in [-0.15, -0.1) is 24.0 Å². The maximum absolute atomic E-state index is 4.71. The molecule has 0 aliphatic carbocycles. The second-order valence-corrected chi connectivity index (χ2v) is 7.20. The van der Waals surface area contributed by atoms with Crippen molar-refractivity contribution in [2.45, 2.75) is 32.9 Å². The predicted octanol–water partition coefficient (Wildman–Crippen LogP) is 3.52. The van der Waals surface area contributed by atoms with Crippen LogP contribution >= 0.6 is 24.0 Å². The smallest absolute Gasteiger partial charge is 0.195 e. The molecule has 5 heteroatoms. The number of hydrogen-bond acceptors (Lipinski definition) is 2. The highest BCUT2D eigenvalue weighted by atomic mass is 127. The minimum Gasteiger partial charge on any atom is -0.349 e. The maximum atomic E-state index is 4.71. The summed E-state index contributed by atoms with van der Waals surface area (Å²) in [5.41, 5.74) is 2.68. The molecule has 0 radical (unpaired) electrons. The molecule has 0 aromatic heterocycles. The number of benzene rings is 1. The first-order valence-electron chi connectivity index (χ1n) is 8.65. The molecule has 1 atom stereocenters. The highest BCUT2D eigenvalue weighted by molar-refractivity contribution is 14.0. The van der Waals surface area contributed by atoms with E-state index in [1.54, 1.807) is 0 Å². The van der Waals surface area contributed by atoms with Crippen LogP contribution in [0.1, 0.15) is 30.9 Å². The maximum Gasteiger partial charge on any atom is 0.195 e. The Labute approximate surface area is 164 Å². The fourth-order valence-corrected chi connectivity index (χ4v) is 3.28. The standard InChI is InChI=1S/C19H32N4.HI/c1-16-7-6-12-23(14-16)15-18-10-8-17(9-11-18)13-20-19(21(2)3)22(4)5;/h8-11,16H,6-7,12-15H2,1-5H3;1H. The molecular formula is C19H33IN4. The lowest BCUT2D eigenvalue weighted by atomic mass is 9.99. The van der Waals surface area contributed by atoms with Crippen molar-refractivity contribution < 1.29 is 0 Å². The number of guanidine groups is 1. The summed E-state index contributed by atoms with van der Waals surface area (Å²) in [6.07, 6.45) is 2.72. The summed E-state index contributed by atoms with van der Waals surface area (Å²) in [6.45, 7) is 6.65. The van der Waals surface area contributed by atoms with Crippen LogP contribution in [0.5, 0.6) is 0 Å². The average molecular weight is 444 g/mol. The molecule has 1 saturated heterocycles. The first-order chi connectivity index (χ1) is 11.0. The molecule has 1 aliphatic rings. The van der Waals surface area contributed by atoms with E-state index < -0.39 is 0 Å². The molecule has 1 unspecified atom stereocenters. The second-order valence-electron chi connectivity index (χ2n) is 7.20. The van der Waals surface area contributed by atoms with Gasteiger partial charge in [0.2, 0.25) is 0 Å². The molecular weight excluding hydrogens is 411 g/mol. The number of nitrogens with zero attached hydrogens (tertiary/aromatic N) is 4. The lowest BCUT2D eigenvalue weighted by Gasteiger charge is -2.30. The van der Waals surface area contributed by atoms with Crippen LogP contribution in [0.3, 0.4) is 0 Å². The Balaban J connectivity index is 0.00000288. The Bertz CT molecular complexity index is 501. The monoisotopic (exact) mass is 444 g/mol. The molecule has 136 valence electrons. The third-order valence-electron chi connectivity index (χ3n) is 4.37. The summed E-state index contributed by atoms with van der Waals surface area (Å²) in [5.74, 6) is 1.84. The Morgan fingerprint density at radius 2 is 1.67 bits per heavy atom. The summed E-state index contributed by atoms with van der Waals surface area (Å²) in [6, 6.07) is 8.95. The minimum atomic E-state index is 0. The van der Waals surface area contributed by atoms with E-state index >= 15 is 0 Å². The van der Waals surface area contributed by atoms with Crippen molar-refractivity contribution in [3.05, 3.63) is 35.4 Å². The fourth-order valence-electron chi connectivity index (χ4n) is 3.28. The fraction of sp³-hybridized carbons (Fsp3) is 0.632. The summed E-state index contributed by atoms with van der Waals surface area (Å²) < 4.78 is 0. The molecule has 2 rings (SSSR count). The lowest BCUT2D eigenvalue weighted by molar-refractivity contribution is 0.176. The minimum absolute atomic E-state index is 0. The van der Waals surface area contributed by atoms with Crippen molar-refractivity contribution in [1.82, 2.24) is 14.7 Å². The number of hydrogen-bond donors (Lipinski definition) is 0. The molecule has 0 amide bonds. The Morgan fingerprint density at radius 3 is 2.21 bits per heavy atom. The van der Waals surface area contributed by atoms with E-state index in [0.717, 1.165) is 25.0 Å². The van der Waals surface area contributed by atoms with Gasteiger partial charge < -0.3 is 9.80 Å². The highest BCUT2D eigenvalue weighted by Gasteiger charge is 2.16. The van der Waals surface area contributed by atoms with Crippen molar-refractivity contribution in [2.24, 2.45) is 10.9 Å². The lowest BCUT2D eigenvalue weighted by Crippen LogP contribution is -2.35. The van der Waals surface area contributed by atoms with Crippen LogP contribution in [0, 0.1) is 5.92 Å². The number of likely N-dealkylation sites (tertiary alicyclic amines) is 1. The van der Waals surface area contributed by atoms with Crippen LogP contribution < -0.4 is 0 Å². The molecule has 0 bridgehead atoms. The van der Waals surface area contributed by atoms with Gasteiger partial charge in [0.05, 0.1) is 6.54 Å². The molecule has 24 heavy (non-hydrogen) atoms. The van der Waals surface area contributed by atoms with E-state index in [2.05, 4.69) is 36.1 Å². The van der Waals surface area contributed by atoms with Gasteiger partial charge in [0.1, 0.15) is 0 Å². The Kier molecular flexibility index (Phi) is 9.05. The van der Waals surface area contributed by atoms with E-state index in [9.17, 15) is 0 Å². The van der Waals surface area contributed by atoms with Gasteiger partial charge >= 0.3 is 0 Å². The van der Waals surface area contributed by atoms with Crippen LogP contribution in [-0.2, 0) is 13.1 Å². The first-order valence-corrected chi connectivity index (χ1v) is 8.65. The number of rotatable bonds is 4. The Morgan fingerprint density at radius 1 is 1.08 bits per heavy atom. The van der Waals surface area contributed by atoms with Gasteiger partial charge in [0.25, 0.3) is 0 Å². The van der Waals surface area contributed by atoms with Crippen molar-refractivity contribution in [2.75, 3.05) is 41.3 Å². The van der Waals surface area contributed by atoms with E-state index in [1.165, 1.54) is 37.1 Å². The van der Waals surface area contributed by atoms with Crippen LogP contribution in [0.4, 0.5) is 0 Å². The molecule has 1 aromatic rings. The van der Waals surface area contributed by atoms with Crippen molar-refractivity contribution in [3.8, 4) is 0 Å². The van der Waals surface area contributed by atoms with Crippen LogP contribution in [0.15, 0.2) is 29.3 Å². The van der Waals surface area contributed by atoms with Crippen LogP contribution in [0.2, 0.25) is 0 Å². The van der Waals surface area contributed by atoms with Gasteiger partial charge in [0, 0.05) is 41.3 Å². The van der Waals surface area contributed by atoms with Gasteiger partial charge in [-0.3, -0.25) is 4.90 Å². The number of aliphatic imine (C=N–C) groups is 1. The van der Waals surface area contributed by atoms with Gasteiger partial charge in [-0.05, 0) is 36.4 Å². The van der Waals surface area contributed by atoms with Crippen LogP contribution in [-0.4, -0.2) is 61.9 Å². The zero-order valence-electron chi connectivity index (χ0n) is 15.8. The average Bonchev–Trinajstić information content (AvgIpc) is 2.48. The predicted molar refractivity (Wildman–Crippen MR) is 114 cm³/mol. The van der Waals surface area contributed by atoms with Crippen molar-refractivity contribution >= 4 is 29.9 Å². The normalized spacial score (nSPS) is 17.8. The topological polar surface area (TPSA) is 22.1 Å². The third kappa shape index (κ3) is 6.59. The third-order valence-corrected chi connectivity index (χ3v) is 4.37. The summed E-state index contributed by atoms with van der Waals surface area (Å²) in [5, 5.41) is 0. The second kappa shape index (κ2) is 10.2. The summed E-state index contributed by atoms with van der Waals surface area (Å²) in [4.78, 5) is 11.4. The zero-order valence-corrected chi connectivity index (χ0v) is 18.2. The number of halogens is 1. The van der Waals surface area contributed by atoms with E-state index in [1.807, 2.05) is 38.0 Å². The molecule has 0 N–H and O–H groups in total. The SMILES string of the molecule is CC1CCCN(Cc2ccc(CN=C(N(C)C)N(C)C)cc2)C1.I. The van der Waals surface area contributed by atoms with E-state index in [0.29, 0.717) is 0 Å². The van der Waals surface area contributed by atoms with Gasteiger partial charge in [-0.25, -0.2) is 4.99 Å². The molecule has 1 aromatic carbocycles. The van der Waals surface area contributed by atoms with Gasteiger partial charge in [-0.1, -0.05) is 31.2 Å². The summed E-state index contributed by atoms with van der Waals surface area (Å²) >= 11 is 0. The quantitative estimate of drug-likeness (QED) is 0.403. The molecule has 0 spiro atoms. The van der Waals surface area contributed by atoms with Gasteiger partial charge in [0.15, 0.2) is 5.96 Å². The van der Waals surface area contributed by atoms with Crippen molar-refractivity contribution in [1.29, 1.82) is 0 Å². The first kappa shape index (κ1) is 21.2. The van der Waals surface area contributed by atoms with Crippen molar-refractivity contribution in [3.63, 3.8) is 0 Å². The molecule has 4 nitrogen and oxygen atoms in total. The molecule has 1 fully saturated rings. The van der Waals surface area contributed by atoms with Crippen LogP contribution in [0.25, 0.3) is 0 Å². The van der Waals surface area contributed by atoms with E-state index in [-0.39, 0.29) is 24.0 Å². The summed E-state index contributed by atoms with van der Waals surface area (Å²) in [7, 11) is 8.12. The molecule has 1 heterocycles. The highest BCUT2D eigenvalue weighted by Crippen LogP contribution is 2.18.